The van der Waals surface area contributed by atoms with E-state index in [4.69, 9.17) is 16.6 Å². The zero-order chi connectivity index (χ0) is 20.3. The molecule has 3 heteroatoms. The monoisotopic (exact) mass is 406 g/mol. The van der Waals surface area contributed by atoms with Crippen LogP contribution in [0.1, 0.15) is 0 Å². The molecule has 144 valence electrons. The van der Waals surface area contributed by atoms with Crippen molar-refractivity contribution < 1.29 is 0 Å². The summed E-state index contributed by atoms with van der Waals surface area (Å²) in [6.45, 7) is 0. The Hall–Kier alpha value is -3.62. The lowest BCUT2D eigenvalue weighted by atomic mass is 10.0. The van der Waals surface area contributed by atoms with Crippen molar-refractivity contribution in [2.75, 3.05) is 0 Å². The number of rotatable bonds is 4. The Labute approximate surface area is 181 Å². The van der Waals surface area contributed by atoms with Gasteiger partial charge in [-0.1, -0.05) is 103 Å². The van der Waals surface area contributed by atoms with Crippen LogP contribution >= 0.6 is 11.6 Å². The van der Waals surface area contributed by atoms with Gasteiger partial charge in [-0.3, -0.25) is 4.57 Å². The van der Waals surface area contributed by atoms with Crippen LogP contribution in [0.25, 0.3) is 39.6 Å². The third kappa shape index (κ3) is 3.42. The van der Waals surface area contributed by atoms with Gasteiger partial charge in [0.15, 0.2) is 0 Å². The van der Waals surface area contributed by atoms with E-state index in [1.165, 1.54) is 0 Å². The first-order chi connectivity index (χ1) is 14.8. The highest BCUT2D eigenvalue weighted by molar-refractivity contribution is 6.30. The first kappa shape index (κ1) is 18.4. The quantitative estimate of drug-likeness (QED) is 0.301. The van der Waals surface area contributed by atoms with Crippen LogP contribution in [0.15, 0.2) is 115 Å². The SMILES string of the molecule is Clc1ccc(-n2c(-c3ccccc3)nc(-c3ccccc3)c2-c2ccccc2)cc1. The molecule has 0 spiro atoms. The molecule has 0 saturated carbocycles. The van der Waals surface area contributed by atoms with E-state index in [-0.39, 0.29) is 0 Å². The number of hydrogen-bond acceptors (Lipinski definition) is 1. The first-order valence-electron chi connectivity index (χ1n) is 9.86. The lowest BCUT2D eigenvalue weighted by molar-refractivity contribution is 1.07. The fourth-order valence-corrected chi connectivity index (χ4v) is 3.83. The first-order valence-corrected chi connectivity index (χ1v) is 10.2. The molecule has 0 amide bonds. The maximum Gasteiger partial charge on any atom is 0.145 e. The van der Waals surface area contributed by atoms with Crippen molar-refractivity contribution in [1.82, 2.24) is 9.55 Å². The fraction of sp³-hybridized carbons (Fsp3) is 0. The van der Waals surface area contributed by atoms with Crippen LogP contribution < -0.4 is 0 Å². The topological polar surface area (TPSA) is 17.8 Å². The second-order valence-corrected chi connectivity index (χ2v) is 7.48. The molecule has 0 unspecified atom stereocenters. The van der Waals surface area contributed by atoms with E-state index in [1.807, 2.05) is 66.7 Å². The molecule has 0 atom stereocenters. The van der Waals surface area contributed by atoms with Crippen LogP contribution in [0.5, 0.6) is 0 Å². The summed E-state index contributed by atoms with van der Waals surface area (Å²) >= 11 is 6.19. The molecule has 4 aromatic carbocycles. The Kier molecular flexibility index (Phi) is 4.92. The summed E-state index contributed by atoms with van der Waals surface area (Å²) in [5.41, 5.74) is 6.29. The van der Waals surface area contributed by atoms with Crippen molar-refractivity contribution in [2.24, 2.45) is 0 Å². The average Bonchev–Trinajstić information content (AvgIpc) is 3.22. The smallest absolute Gasteiger partial charge is 0.145 e. The number of nitrogens with zero attached hydrogens (tertiary/aromatic N) is 2. The number of aromatic nitrogens is 2. The predicted molar refractivity (Wildman–Crippen MR) is 125 cm³/mol. The molecule has 5 aromatic rings. The summed E-state index contributed by atoms with van der Waals surface area (Å²) in [5.74, 6) is 0.899. The maximum atomic E-state index is 6.19. The summed E-state index contributed by atoms with van der Waals surface area (Å²) in [6, 6.07) is 39.0. The molecule has 0 saturated heterocycles. The van der Waals surface area contributed by atoms with Gasteiger partial charge >= 0.3 is 0 Å². The van der Waals surface area contributed by atoms with Gasteiger partial charge in [-0.25, -0.2) is 4.98 Å². The summed E-state index contributed by atoms with van der Waals surface area (Å²) in [4.78, 5) is 5.16. The minimum Gasteiger partial charge on any atom is -0.292 e. The number of benzene rings is 4. The largest absolute Gasteiger partial charge is 0.292 e. The molecular formula is C27H19ClN2. The molecule has 1 aromatic heterocycles. The van der Waals surface area contributed by atoms with E-state index >= 15 is 0 Å². The van der Waals surface area contributed by atoms with Gasteiger partial charge in [0.25, 0.3) is 0 Å². The molecule has 0 aliphatic heterocycles. The zero-order valence-electron chi connectivity index (χ0n) is 16.2. The summed E-state index contributed by atoms with van der Waals surface area (Å²) in [5, 5.41) is 0.713. The molecule has 30 heavy (non-hydrogen) atoms. The van der Waals surface area contributed by atoms with Gasteiger partial charge in [0.1, 0.15) is 5.82 Å². The van der Waals surface area contributed by atoms with Gasteiger partial charge in [-0.15, -0.1) is 0 Å². The Balaban J connectivity index is 1.88. The van der Waals surface area contributed by atoms with Crippen LogP contribution in [-0.4, -0.2) is 9.55 Å². The van der Waals surface area contributed by atoms with Crippen LogP contribution in [0.4, 0.5) is 0 Å². The van der Waals surface area contributed by atoms with Gasteiger partial charge in [0.2, 0.25) is 0 Å². The lowest BCUT2D eigenvalue weighted by Crippen LogP contribution is -2.00. The van der Waals surface area contributed by atoms with Crippen molar-refractivity contribution in [3.8, 4) is 39.6 Å². The third-order valence-electron chi connectivity index (χ3n) is 5.09. The van der Waals surface area contributed by atoms with E-state index < -0.39 is 0 Å². The highest BCUT2D eigenvalue weighted by atomic mass is 35.5. The van der Waals surface area contributed by atoms with Gasteiger partial charge in [-0.05, 0) is 24.3 Å². The van der Waals surface area contributed by atoms with E-state index in [2.05, 4.69) is 53.1 Å². The molecular weight excluding hydrogens is 388 g/mol. The lowest BCUT2D eigenvalue weighted by Gasteiger charge is -2.14. The Morgan fingerprint density at radius 3 is 1.60 bits per heavy atom. The van der Waals surface area contributed by atoms with Crippen LogP contribution in [0.3, 0.4) is 0 Å². The molecule has 0 N–H and O–H groups in total. The van der Waals surface area contributed by atoms with E-state index in [1.54, 1.807) is 0 Å². The molecule has 0 aliphatic rings. The highest BCUT2D eigenvalue weighted by Crippen LogP contribution is 2.38. The Bertz CT molecular complexity index is 1260. The molecule has 2 nitrogen and oxygen atoms in total. The summed E-state index contributed by atoms with van der Waals surface area (Å²) < 4.78 is 2.23. The summed E-state index contributed by atoms with van der Waals surface area (Å²) in [7, 11) is 0. The standard InChI is InChI=1S/C27H19ClN2/c28-23-16-18-24(19-17-23)30-26(21-12-6-2-7-13-21)25(20-10-4-1-5-11-20)29-27(30)22-14-8-3-9-15-22/h1-19H. The fourth-order valence-electron chi connectivity index (χ4n) is 3.70. The van der Waals surface area contributed by atoms with Crippen LogP contribution in [0.2, 0.25) is 5.02 Å². The van der Waals surface area contributed by atoms with Crippen molar-refractivity contribution >= 4 is 11.6 Å². The van der Waals surface area contributed by atoms with Crippen molar-refractivity contribution in [2.45, 2.75) is 0 Å². The third-order valence-corrected chi connectivity index (χ3v) is 5.34. The zero-order valence-corrected chi connectivity index (χ0v) is 17.0. The molecule has 1 heterocycles. The van der Waals surface area contributed by atoms with Gasteiger partial charge < -0.3 is 0 Å². The Morgan fingerprint density at radius 2 is 1.03 bits per heavy atom. The van der Waals surface area contributed by atoms with E-state index in [0.717, 1.165) is 39.6 Å². The number of hydrogen-bond donors (Lipinski definition) is 0. The Morgan fingerprint density at radius 1 is 0.533 bits per heavy atom. The van der Waals surface area contributed by atoms with E-state index in [0.29, 0.717) is 5.02 Å². The number of halogens is 1. The minimum absolute atomic E-state index is 0.713. The normalized spacial score (nSPS) is 10.8. The van der Waals surface area contributed by atoms with Gasteiger partial charge in [0, 0.05) is 27.4 Å². The molecule has 0 aliphatic carbocycles. The maximum absolute atomic E-state index is 6.19. The van der Waals surface area contributed by atoms with Crippen LogP contribution in [0, 0.1) is 0 Å². The number of imidazole rings is 1. The van der Waals surface area contributed by atoms with Crippen LogP contribution in [-0.2, 0) is 0 Å². The van der Waals surface area contributed by atoms with E-state index in [9.17, 15) is 0 Å². The average molecular weight is 407 g/mol. The molecule has 5 rings (SSSR count). The predicted octanol–water partition coefficient (Wildman–Crippen LogP) is 7.53. The molecule has 0 fully saturated rings. The summed E-state index contributed by atoms with van der Waals surface area (Å²) in [6.07, 6.45) is 0. The van der Waals surface area contributed by atoms with Gasteiger partial charge in [-0.2, -0.15) is 0 Å². The molecule has 0 radical (unpaired) electrons. The second-order valence-electron chi connectivity index (χ2n) is 7.04. The van der Waals surface area contributed by atoms with Crippen molar-refractivity contribution in [1.29, 1.82) is 0 Å². The van der Waals surface area contributed by atoms with Crippen molar-refractivity contribution in [3.05, 3.63) is 120 Å². The van der Waals surface area contributed by atoms with Crippen molar-refractivity contribution in [3.63, 3.8) is 0 Å². The second kappa shape index (κ2) is 8.02. The minimum atomic E-state index is 0.713. The van der Waals surface area contributed by atoms with Gasteiger partial charge in [0.05, 0.1) is 11.4 Å². The highest BCUT2D eigenvalue weighted by Gasteiger charge is 2.22. The molecule has 0 bridgehead atoms.